The van der Waals surface area contributed by atoms with E-state index in [2.05, 4.69) is 12.2 Å². The molecule has 8 heteroatoms. The molecule has 0 saturated carbocycles. The lowest BCUT2D eigenvalue weighted by molar-refractivity contribution is -0.130. The van der Waals surface area contributed by atoms with Gasteiger partial charge < -0.3 is 19.5 Å². The zero-order valence-corrected chi connectivity index (χ0v) is 21.9. The van der Waals surface area contributed by atoms with E-state index in [4.69, 9.17) is 4.74 Å². The Hall–Kier alpha value is -4.20. The van der Waals surface area contributed by atoms with Crippen LogP contribution in [-0.2, 0) is 11.3 Å². The smallest absolute Gasteiger partial charge is 0.270 e. The van der Waals surface area contributed by atoms with E-state index in [1.165, 1.54) is 18.2 Å². The minimum absolute atomic E-state index is 0.0253. The van der Waals surface area contributed by atoms with Crippen LogP contribution in [0.1, 0.15) is 53.7 Å². The van der Waals surface area contributed by atoms with E-state index >= 15 is 0 Å². The maximum absolute atomic E-state index is 13.9. The summed E-state index contributed by atoms with van der Waals surface area (Å²) in [7, 11) is 0. The van der Waals surface area contributed by atoms with E-state index in [0.717, 1.165) is 25.0 Å². The summed E-state index contributed by atoms with van der Waals surface area (Å²) < 4.78 is 21.4. The molecule has 3 aromatic rings. The highest BCUT2D eigenvalue weighted by Crippen LogP contribution is 2.35. The van der Waals surface area contributed by atoms with Gasteiger partial charge in [-0.15, -0.1) is 0 Å². The molecule has 2 aliphatic rings. The number of aromatic nitrogens is 1. The van der Waals surface area contributed by atoms with Crippen LogP contribution >= 0.6 is 0 Å². The maximum Gasteiger partial charge on any atom is 0.270 e. The van der Waals surface area contributed by atoms with Crippen molar-refractivity contribution in [1.82, 2.24) is 14.8 Å². The van der Waals surface area contributed by atoms with Crippen molar-refractivity contribution in [3.8, 4) is 5.75 Å². The van der Waals surface area contributed by atoms with Crippen molar-refractivity contribution >= 4 is 17.9 Å². The highest BCUT2D eigenvalue weighted by molar-refractivity contribution is 6.05. The molecule has 0 aliphatic carbocycles. The molecule has 0 unspecified atom stereocenters. The quantitative estimate of drug-likeness (QED) is 0.342. The van der Waals surface area contributed by atoms with Gasteiger partial charge in [-0.25, -0.2) is 4.39 Å². The highest BCUT2D eigenvalue weighted by atomic mass is 19.1. The van der Waals surface area contributed by atoms with Crippen LogP contribution in [0.5, 0.6) is 5.75 Å². The third-order valence-corrected chi connectivity index (χ3v) is 7.29. The molecule has 2 aromatic carbocycles. The fourth-order valence-corrected chi connectivity index (χ4v) is 5.38. The second kappa shape index (κ2) is 11.7. The number of hydrogen-bond donors (Lipinski definition) is 1. The largest absolute Gasteiger partial charge is 0.494 e. The first kappa shape index (κ1) is 26.4. The first-order valence-corrected chi connectivity index (χ1v) is 13.4. The van der Waals surface area contributed by atoms with Crippen molar-refractivity contribution in [2.24, 2.45) is 5.92 Å². The zero-order chi connectivity index (χ0) is 27.4. The zero-order valence-electron chi connectivity index (χ0n) is 21.9. The van der Waals surface area contributed by atoms with Gasteiger partial charge in [-0.1, -0.05) is 31.5 Å². The van der Waals surface area contributed by atoms with Gasteiger partial charge >= 0.3 is 0 Å². The molecule has 3 heterocycles. The van der Waals surface area contributed by atoms with Gasteiger partial charge in [-0.05, 0) is 72.9 Å². The van der Waals surface area contributed by atoms with Crippen LogP contribution in [0.25, 0.3) is 6.08 Å². The van der Waals surface area contributed by atoms with Crippen molar-refractivity contribution in [2.75, 3.05) is 19.7 Å². The number of pyridine rings is 1. The number of carbonyl (C=O) groups is 2. The van der Waals surface area contributed by atoms with Gasteiger partial charge in [-0.2, -0.15) is 0 Å². The summed E-state index contributed by atoms with van der Waals surface area (Å²) in [5, 5.41) is 2.78. The molecule has 39 heavy (non-hydrogen) atoms. The van der Waals surface area contributed by atoms with Crippen LogP contribution in [0.2, 0.25) is 0 Å². The molecule has 1 saturated heterocycles. The number of nitrogens with one attached hydrogen (secondary N) is 1. The molecule has 0 spiro atoms. The maximum atomic E-state index is 13.9. The van der Waals surface area contributed by atoms with Crippen LogP contribution in [0, 0.1) is 11.7 Å². The Bertz CT molecular complexity index is 1450. The number of hydrogen-bond acceptors (Lipinski definition) is 4. The Labute approximate surface area is 226 Å². The van der Waals surface area contributed by atoms with Crippen molar-refractivity contribution in [3.63, 3.8) is 0 Å². The topological polar surface area (TPSA) is 80.6 Å². The number of likely N-dealkylation sites (tertiary alicyclic amines) is 1. The third-order valence-electron chi connectivity index (χ3n) is 7.29. The SMILES string of the molecule is CCCCOc1ccc(C(=O)N/C(=C/c2cccc(F)c2)C(=O)N2C[C@H]3C[C@@H](C2)c2cccc(=O)n2C3)cc1. The van der Waals surface area contributed by atoms with Crippen molar-refractivity contribution in [1.29, 1.82) is 0 Å². The first-order chi connectivity index (χ1) is 18.9. The van der Waals surface area contributed by atoms with E-state index in [1.54, 1.807) is 53.4 Å². The molecule has 2 aliphatic heterocycles. The van der Waals surface area contributed by atoms with Gasteiger partial charge in [-0.3, -0.25) is 14.4 Å². The average molecular weight is 530 g/mol. The summed E-state index contributed by atoms with van der Waals surface area (Å²) >= 11 is 0. The second-order valence-corrected chi connectivity index (χ2v) is 10.2. The minimum atomic E-state index is -0.444. The van der Waals surface area contributed by atoms with Gasteiger partial charge in [0.05, 0.1) is 6.61 Å². The van der Waals surface area contributed by atoms with E-state index in [0.29, 0.717) is 43.1 Å². The van der Waals surface area contributed by atoms with Crippen LogP contribution < -0.4 is 15.6 Å². The fraction of sp³-hybridized carbons (Fsp3) is 0.323. The number of carbonyl (C=O) groups excluding carboxylic acids is 2. The molecule has 1 fully saturated rings. The summed E-state index contributed by atoms with van der Waals surface area (Å²) in [5.74, 6) is -0.386. The van der Waals surface area contributed by atoms with Gasteiger partial charge in [0.15, 0.2) is 0 Å². The number of rotatable bonds is 8. The summed E-state index contributed by atoms with van der Waals surface area (Å²) in [6.07, 6.45) is 4.38. The molecule has 1 aromatic heterocycles. The van der Waals surface area contributed by atoms with E-state index in [1.807, 2.05) is 10.6 Å². The van der Waals surface area contributed by atoms with Crippen LogP contribution in [0.3, 0.4) is 0 Å². The van der Waals surface area contributed by atoms with E-state index < -0.39 is 11.7 Å². The number of fused-ring (bicyclic) bond motifs is 4. The molecular formula is C31H32FN3O4. The Kier molecular flexibility index (Phi) is 7.91. The van der Waals surface area contributed by atoms with Gasteiger partial charge in [0.2, 0.25) is 0 Å². The summed E-state index contributed by atoms with van der Waals surface area (Å²) in [6, 6.07) is 17.9. The van der Waals surface area contributed by atoms with Crippen LogP contribution in [0.15, 0.2) is 77.2 Å². The fourth-order valence-electron chi connectivity index (χ4n) is 5.38. The first-order valence-electron chi connectivity index (χ1n) is 13.4. The van der Waals surface area contributed by atoms with Crippen LogP contribution in [0.4, 0.5) is 4.39 Å². The van der Waals surface area contributed by atoms with Crippen molar-refractivity contribution in [3.05, 3.63) is 105 Å². The number of piperidine rings is 1. The van der Waals surface area contributed by atoms with Gasteiger partial charge in [0.25, 0.3) is 17.4 Å². The Balaban J connectivity index is 1.38. The number of benzene rings is 2. The predicted octanol–water partition coefficient (Wildman–Crippen LogP) is 4.58. The monoisotopic (exact) mass is 529 g/mol. The van der Waals surface area contributed by atoms with Crippen molar-refractivity contribution < 1.29 is 18.7 Å². The Morgan fingerprint density at radius 1 is 1.05 bits per heavy atom. The minimum Gasteiger partial charge on any atom is -0.494 e. The molecule has 2 atom stereocenters. The summed E-state index contributed by atoms with van der Waals surface area (Å²) in [4.78, 5) is 41.1. The molecular weight excluding hydrogens is 497 g/mol. The molecule has 2 bridgehead atoms. The number of halogens is 1. The molecule has 0 radical (unpaired) electrons. The number of amides is 2. The van der Waals surface area contributed by atoms with Crippen molar-refractivity contribution in [2.45, 2.75) is 38.6 Å². The molecule has 2 amide bonds. The second-order valence-electron chi connectivity index (χ2n) is 10.2. The van der Waals surface area contributed by atoms with E-state index in [9.17, 15) is 18.8 Å². The summed E-state index contributed by atoms with van der Waals surface area (Å²) in [6.45, 7) is 4.14. The Morgan fingerprint density at radius 3 is 2.62 bits per heavy atom. The van der Waals surface area contributed by atoms with Crippen LogP contribution in [-0.4, -0.2) is 41.0 Å². The molecule has 202 valence electrons. The summed E-state index contributed by atoms with van der Waals surface area (Å²) in [5.41, 5.74) is 1.81. The standard InChI is InChI=1S/C31H32FN3O4/c1-2-3-14-39-26-12-10-23(11-13-26)30(37)33-27(17-21-6-4-7-25(32)16-21)31(38)34-18-22-15-24(20-34)28-8-5-9-29(36)35(28)19-22/h4-13,16-17,22,24H,2-3,14-15,18-20H2,1H3,(H,33,37)/b27-17+/t22-,24+/m1/s1. The lowest BCUT2D eigenvalue weighted by atomic mass is 9.83. The number of unbranched alkanes of at least 4 members (excludes halogenated alkanes) is 1. The average Bonchev–Trinajstić information content (AvgIpc) is 2.93. The lowest BCUT2D eigenvalue weighted by Gasteiger charge is -2.43. The number of nitrogens with zero attached hydrogens (tertiary/aromatic N) is 2. The third kappa shape index (κ3) is 6.11. The highest BCUT2D eigenvalue weighted by Gasteiger charge is 2.37. The predicted molar refractivity (Wildman–Crippen MR) is 147 cm³/mol. The number of ether oxygens (including phenoxy) is 1. The Morgan fingerprint density at radius 2 is 1.85 bits per heavy atom. The molecule has 1 N–H and O–H groups in total. The molecule has 5 rings (SSSR count). The van der Waals surface area contributed by atoms with Gasteiger partial charge in [0.1, 0.15) is 17.3 Å². The van der Waals surface area contributed by atoms with E-state index in [-0.39, 0.29) is 29.0 Å². The normalized spacial score (nSPS) is 18.3. The molecule has 7 nitrogen and oxygen atoms in total. The lowest BCUT2D eigenvalue weighted by Crippen LogP contribution is -2.50. The van der Waals surface area contributed by atoms with Gasteiger partial charge in [0, 0.05) is 42.9 Å².